The zero-order valence-corrected chi connectivity index (χ0v) is 13.3. The molecular formula is C17H20N2O4. The molecule has 3 N–H and O–H groups in total. The summed E-state index contributed by atoms with van der Waals surface area (Å²) in [4.78, 5) is 25.3. The molecule has 1 amide bonds. The maximum absolute atomic E-state index is 11.5. The van der Waals surface area contributed by atoms with E-state index in [0.717, 1.165) is 16.5 Å². The van der Waals surface area contributed by atoms with E-state index in [-0.39, 0.29) is 5.69 Å². The fraction of sp³-hybridized carbons (Fsp3) is 0.294. The summed E-state index contributed by atoms with van der Waals surface area (Å²) in [5, 5.41) is 12.4. The normalized spacial score (nSPS) is 11.8. The second-order valence-electron chi connectivity index (χ2n) is 6.12. The maximum Gasteiger partial charge on any atom is 0.407 e. The van der Waals surface area contributed by atoms with Gasteiger partial charge in [0.05, 0.1) is 0 Å². The zero-order valence-electron chi connectivity index (χ0n) is 13.3. The van der Waals surface area contributed by atoms with Crippen LogP contribution < -0.4 is 5.32 Å². The Morgan fingerprint density at radius 3 is 2.70 bits per heavy atom. The molecule has 0 atom stereocenters. The summed E-state index contributed by atoms with van der Waals surface area (Å²) < 4.78 is 5.13. The van der Waals surface area contributed by atoms with E-state index in [0.29, 0.717) is 6.54 Å². The van der Waals surface area contributed by atoms with Gasteiger partial charge in [0.2, 0.25) is 0 Å². The Balaban J connectivity index is 1.96. The van der Waals surface area contributed by atoms with Crippen molar-refractivity contribution in [3.63, 3.8) is 0 Å². The summed E-state index contributed by atoms with van der Waals surface area (Å²) in [6.45, 7) is 5.76. The van der Waals surface area contributed by atoms with Gasteiger partial charge in [0.25, 0.3) is 0 Å². The lowest BCUT2D eigenvalue weighted by Crippen LogP contribution is -2.32. The molecule has 0 saturated carbocycles. The maximum atomic E-state index is 11.5. The van der Waals surface area contributed by atoms with E-state index < -0.39 is 17.7 Å². The van der Waals surface area contributed by atoms with E-state index in [4.69, 9.17) is 9.84 Å². The van der Waals surface area contributed by atoms with Gasteiger partial charge in [-0.25, -0.2) is 9.59 Å². The highest BCUT2D eigenvalue weighted by molar-refractivity contribution is 5.94. The molecule has 1 aromatic heterocycles. The third-order valence-electron chi connectivity index (χ3n) is 2.95. The minimum absolute atomic E-state index is 0.160. The van der Waals surface area contributed by atoms with Crippen molar-refractivity contribution in [1.29, 1.82) is 0 Å². The molecule has 0 fully saturated rings. The van der Waals surface area contributed by atoms with Crippen molar-refractivity contribution in [3.8, 4) is 0 Å². The number of aromatic amines is 1. The van der Waals surface area contributed by atoms with Gasteiger partial charge in [0.1, 0.15) is 11.3 Å². The van der Waals surface area contributed by atoms with Crippen LogP contribution in [-0.2, 0) is 4.74 Å². The predicted molar refractivity (Wildman–Crippen MR) is 88.5 cm³/mol. The van der Waals surface area contributed by atoms with Gasteiger partial charge in [-0.15, -0.1) is 0 Å². The van der Waals surface area contributed by atoms with Crippen LogP contribution >= 0.6 is 0 Å². The van der Waals surface area contributed by atoms with E-state index in [1.165, 1.54) is 0 Å². The van der Waals surface area contributed by atoms with Crippen molar-refractivity contribution in [1.82, 2.24) is 10.3 Å². The molecule has 1 aromatic carbocycles. The summed E-state index contributed by atoms with van der Waals surface area (Å²) in [7, 11) is 0. The Labute approximate surface area is 134 Å². The number of rotatable bonds is 4. The SMILES string of the molecule is CC(C)(C)OC(=O)NCC=Cc1ccc2cc(C(=O)O)[nH]c2c1. The first-order chi connectivity index (χ1) is 10.7. The van der Waals surface area contributed by atoms with Gasteiger partial charge in [-0.05, 0) is 38.5 Å². The number of carboxylic acid groups (broad SMARTS) is 1. The standard InChI is InChI=1S/C17H20N2O4/c1-17(2,3)23-16(22)18-8-4-5-11-6-7-12-10-14(15(20)21)19-13(12)9-11/h4-7,9-10,19H,8H2,1-3H3,(H,18,22)(H,20,21). The van der Waals surface area contributed by atoms with Crippen LogP contribution in [0, 0.1) is 0 Å². The fourth-order valence-electron chi connectivity index (χ4n) is 2.02. The number of carbonyl (C=O) groups is 2. The van der Waals surface area contributed by atoms with Crippen LogP contribution in [0.25, 0.3) is 17.0 Å². The highest BCUT2D eigenvalue weighted by Crippen LogP contribution is 2.18. The lowest BCUT2D eigenvalue weighted by Gasteiger charge is -2.19. The monoisotopic (exact) mass is 316 g/mol. The summed E-state index contributed by atoms with van der Waals surface area (Å²) in [5.41, 5.74) is 1.30. The molecule has 0 radical (unpaired) electrons. The number of hydrogen-bond donors (Lipinski definition) is 3. The van der Waals surface area contributed by atoms with Crippen molar-refractivity contribution in [2.24, 2.45) is 0 Å². The molecule has 0 bridgehead atoms. The van der Waals surface area contributed by atoms with Crippen molar-refractivity contribution in [2.45, 2.75) is 26.4 Å². The predicted octanol–water partition coefficient (Wildman–Crippen LogP) is 3.40. The van der Waals surface area contributed by atoms with Crippen molar-refractivity contribution < 1.29 is 19.4 Å². The third-order valence-corrected chi connectivity index (χ3v) is 2.95. The molecular weight excluding hydrogens is 296 g/mol. The first-order valence-corrected chi connectivity index (χ1v) is 7.24. The van der Waals surface area contributed by atoms with Gasteiger partial charge < -0.3 is 20.1 Å². The van der Waals surface area contributed by atoms with E-state index >= 15 is 0 Å². The number of H-pyrrole nitrogens is 1. The second-order valence-corrected chi connectivity index (χ2v) is 6.12. The van der Waals surface area contributed by atoms with Crippen LogP contribution in [0.4, 0.5) is 4.79 Å². The van der Waals surface area contributed by atoms with Gasteiger partial charge in [0.15, 0.2) is 0 Å². The average molecular weight is 316 g/mol. The van der Waals surface area contributed by atoms with Crippen LogP contribution in [0.2, 0.25) is 0 Å². The number of aromatic carboxylic acids is 1. The Morgan fingerprint density at radius 1 is 1.30 bits per heavy atom. The van der Waals surface area contributed by atoms with Crippen LogP contribution in [0.5, 0.6) is 0 Å². The Morgan fingerprint density at radius 2 is 2.04 bits per heavy atom. The van der Waals surface area contributed by atoms with Gasteiger partial charge in [-0.1, -0.05) is 24.3 Å². The number of ether oxygens (including phenoxy) is 1. The Bertz CT molecular complexity index is 754. The molecule has 0 unspecified atom stereocenters. The lowest BCUT2D eigenvalue weighted by molar-refractivity contribution is 0.0533. The van der Waals surface area contributed by atoms with E-state index in [9.17, 15) is 9.59 Å². The number of amides is 1. The topological polar surface area (TPSA) is 91.4 Å². The van der Waals surface area contributed by atoms with Crippen molar-refractivity contribution in [2.75, 3.05) is 6.54 Å². The number of benzene rings is 1. The first kappa shape index (κ1) is 16.6. The molecule has 1 heterocycles. The lowest BCUT2D eigenvalue weighted by atomic mass is 10.1. The van der Waals surface area contributed by atoms with Gasteiger partial charge in [0, 0.05) is 17.4 Å². The second kappa shape index (κ2) is 6.56. The van der Waals surface area contributed by atoms with Crippen molar-refractivity contribution in [3.05, 3.63) is 41.6 Å². The van der Waals surface area contributed by atoms with E-state index in [2.05, 4.69) is 10.3 Å². The highest BCUT2D eigenvalue weighted by Gasteiger charge is 2.15. The van der Waals surface area contributed by atoms with Crippen molar-refractivity contribution >= 4 is 29.0 Å². The number of hydrogen-bond acceptors (Lipinski definition) is 3. The molecule has 0 aliphatic heterocycles. The molecule has 0 aliphatic rings. The van der Waals surface area contributed by atoms with E-state index in [1.54, 1.807) is 32.9 Å². The molecule has 0 spiro atoms. The third kappa shape index (κ3) is 4.88. The van der Waals surface area contributed by atoms with Crippen LogP contribution in [-0.4, -0.2) is 34.3 Å². The van der Waals surface area contributed by atoms with Crippen LogP contribution in [0.3, 0.4) is 0 Å². The van der Waals surface area contributed by atoms with Crippen LogP contribution in [0.15, 0.2) is 30.3 Å². The molecule has 0 saturated heterocycles. The quantitative estimate of drug-likeness (QED) is 0.806. The van der Waals surface area contributed by atoms with Gasteiger partial charge in [-0.3, -0.25) is 0 Å². The Kier molecular flexibility index (Phi) is 4.74. The van der Waals surface area contributed by atoms with Gasteiger partial charge in [-0.2, -0.15) is 0 Å². The van der Waals surface area contributed by atoms with Crippen LogP contribution in [0.1, 0.15) is 36.8 Å². The summed E-state index contributed by atoms with van der Waals surface area (Å²) in [6.07, 6.45) is 3.18. The highest BCUT2D eigenvalue weighted by atomic mass is 16.6. The number of alkyl carbamates (subject to hydrolysis) is 1. The minimum atomic E-state index is -0.986. The molecule has 2 rings (SSSR count). The Hall–Kier alpha value is -2.76. The summed E-state index contributed by atoms with van der Waals surface area (Å²) in [5.74, 6) is -0.986. The number of nitrogens with one attached hydrogen (secondary N) is 2. The molecule has 6 nitrogen and oxygen atoms in total. The fourth-order valence-corrected chi connectivity index (χ4v) is 2.02. The number of fused-ring (bicyclic) bond motifs is 1. The molecule has 23 heavy (non-hydrogen) atoms. The minimum Gasteiger partial charge on any atom is -0.477 e. The summed E-state index contributed by atoms with van der Waals surface area (Å²) >= 11 is 0. The number of carbonyl (C=O) groups excluding carboxylic acids is 1. The zero-order chi connectivity index (χ0) is 17.0. The molecule has 122 valence electrons. The van der Waals surface area contributed by atoms with E-state index in [1.807, 2.05) is 24.3 Å². The molecule has 0 aliphatic carbocycles. The van der Waals surface area contributed by atoms with Gasteiger partial charge >= 0.3 is 12.1 Å². The number of aromatic nitrogens is 1. The smallest absolute Gasteiger partial charge is 0.407 e. The molecule has 6 heteroatoms. The first-order valence-electron chi connectivity index (χ1n) is 7.24. The molecule has 2 aromatic rings. The average Bonchev–Trinajstić information content (AvgIpc) is 2.85. The number of carboxylic acids is 1. The summed E-state index contributed by atoms with van der Waals surface area (Å²) in [6, 6.07) is 7.17. The largest absolute Gasteiger partial charge is 0.477 e.